The van der Waals surface area contributed by atoms with Gasteiger partial charge < -0.3 is 15.0 Å². The monoisotopic (exact) mass is 234 g/mol. The second kappa shape index (κ2) is 6.30. The maximum absolute atomic E-state index is 11.6. The molecule has 1 N–H and O–H groups in total. The van der Waals surface area contributed by atoms with Crippen LogP contribution in [0.5, 0.6) is 0 Å². The highest BCUT2D eigenvalue weighted by atomic mass is 35.5. The Balaban J connectivity index is 0.00000112. The summed E-state index contributed by atoms with van der Waals surface area (Å²) in [5, 5.41) is 3.24. The summed E-state index contributed by atoms with van der Waals surface area (Å²) in [6.07, 6.45) is 1.75. The standard InChI is InChI=1S/C10H18N2O2.ClH/c13-10-1-3-11-4-5-12(10)7-9-2-6-14-8-9;/h9,11H,1-8H2;1H. The van der Waals surface area contributed by atoms with Gasteiger partial charge in [0.1, 0.15) is 0 Å². The molecular formula is C10H19ClN2O2. The predicted octanol–water partition coefficient (Wildman–Crippen LogP) is 0.267. The maximum atomic E-state index is 11.6. The van der Waals surface area contributed by atoms with Crippen LogP contribution in [0.15, 0.2) is 0 Å². The van der Waals surface area contributed by atoms with Crippen LogP contribution < -0.4 is 5.32 Å². The number of nitrogens with one attached hydrogen (secondary N) is 1. The molecule has 2 fully saturated rings. The summed E-state index contributed by atoms with van der Waals surface area (Å²) in [6.45, 7) is 5.20. The molecule has 4 nitrogen and oxygen atoms in total. The van der Waals surface area contributed by atoms with Crippen molar-refractivity contribution >= 4 is 18.3 Å². The summed E-state index contributed by atoms with van der Waals surface area (Å²) in [5.74, 6) is 0.860. The van der Waals surface area contributed by atoms with E-state index in [2.05, 4.69) is 5.32 Å². The van der Waals surface area contributed by atoms with Gasteiger partial charge in [0.2, 0.25) is 5.91 Å². The van der Waals surface area contributed by atoms with Crippen LogP contribution >= 0.6 is 12.4 Å². The van der Waals surface area contributed by atoms with E-state index in [4.69, 9.17) is 4.74 Å². The zero-order valence-corrected chi connectivity index (χ0v) is 9.72. The normalized spacial score (nSPS) is 27.3. The molecule has 1 unspecified atom stereocenters. The van der Waals surface area contributed by atoms with Gasteiger partial charge in [0.05, 0.1) is 6.61 Å². The van der Waals surface area contributed by atoms with E-state index in [1.165, 1.54) is 0 Å². The van der Waals surface area contributed by atoms with E-state index in [0.29, 0.717) is 18.2 Å². The quantitative estimate of drug-likeness (QED) is 0.746. The fraction of sp³-hybridized carbons (Fsp3) is 0.900. The topological polar surface area (TPSA) is 41.6 Å². The minimum absolute atomic E-state index is 0. The summed E-state index contributed by atoms with van der Waals surface area (Å²) in [6, 6.07) is 0. The van der Waals surface area contributed by atoms with E-state index < -0.39 is 0 Å². The minimum atomic E-state index is 0. The molecular weight excluding hydrogens is 216 g/mol. The number of ether oxygens (including phenoxy) is 1. The van der Waals surface area contributed by atoms with Crippen molar-refractivity contribution < 1.29 is 9.53 Å². The number of nitrogens with zero attached hydrogens (tertiary/aromatic N) is 1. The molecule has 2 rings (SSSR count). The highest BCUT2D eigenvalue weighted by Gasteiger charge is 2.22. The van der Waals surface area contributed by atoms with E-state index in [1.54, 1.807) is 0 Å². The van der Waals surface area contributed by atoms with Crippen molar-refractivity contribution in [3.8, 4) is 0 Å². The number of amides is 1. The zero-order chi connectivity index (χ0) is 9.80. The van der Waals surface area contributed by atoms with Crippen LogP contribution in [0.3, 0.4) is 0 Å². The SMILES string of the molecule is Cl.O=C1CCNCCN1CC1CCOC1. The van der Waals surface area contributed by atoms with Gasteiger partial charge in [0.25, 0.3) is 0 Å². The largest absolute Gasteiger partial charge is 0.381 e. The Labute approximate surface area is 96.7 Å². The number of carbonyl (C=O) groups is 1. The van der Waals surface area contributed by atoms with Crippen molar-refractivity contribution in [1.82, 2.24) is 10.2 Å². The first kappa shape index (κ1) is 12.7. The van der Waals surface area contributed by atoms with Crippen LogP contribution in [-0.4, -0.2) is 50.2 Å². The Morgan fingerprint density at radius 1 is 1.47 bits per heavy atom. The highest BCUT2D eigenvalue weighted by Crippen LogP contribution is 2.14. The molecule has 88 valence electrons. The lowest BCUT2D eigenvalue weighted by molar-refractivity contribution is -0.130. The molecule has 2 aliphatic rings. The second-order valence-electron chi connectivity index (χ2n) is 4.07. The lowest BCUT2D eigenvalue weighted by Crippen LogP contribution is -2.36. The van der Waals surface area contributed by atoms with Gasteiger partial charge in [0.15, 0.2) is 0 Å². The van der Waals surface area contributed by atoms with Gasteiger partial charge >= 0.3 is 0 Å². The zero-order valence-electron chi connectivity index (χ0n) is 8.91. The van der Waals surface area contributed by atoms with Gasteiger partial charge in [-0.15, -0.1) is 12.4 Å². The first-order valence-corrected chi connectivity index (χ1v) is 5.42. The molecule has 0 aromatic carbocycles. The molecule has 2 aliphatic heterocycles. The number of hydrogen-bond donors (Lipinski definition) is 1. The van der Waals surface area contributed by atoms with Gasteiger partial charge in [-0.3, -0.25) is 4.79 Å². The van der Waals surface area contributed by atoms with Crippen molar-refractivity contribution in [2.45, 2.75) is 12.8 Å². The third-order valence-electron chi connectivity index (χ3n) is 2.93. The minimum Gasteiger partial charge on any atom is -0.381 e. The van der Waals surface area contributed by atoms with Gasteiger partial charge in [-0.1, -0.05) is 0 Å². The summed E-state index contributed by atoms with van der Waals surface area (Å²) in [7, 11) is 0. The van der Waals surface area contributed by atoms with Crippen molar-refractivity contribution in [3.05, 3.63) is 0 Å². The molecule has 0 bridgehead atoms. The number of halogens is 1. The van der Waals surface area contributed by atoms with E-state index >= 15 is 0 Å². The molecule has 0 saturated carbocycles. The molecule has 0 radical (unpaired) electrons. The molecule has 0 aromatic heterocycles. The van der Waals surface area contributed by atoms with Crippen LogP contribution in [0.2, 0.25) is 0 Å². The van der Waals surface area contributed by atoms with Crippen molar-refractivity contribution in [2.75, 3.05) is 39.4 Å². The van der Waals surface area contributed by atoms with Crippen molar-refractivity contribution in [3.63, 3.8) is 0 Å². The van der Waals surface area contributed by atoms with Crippen molar-refractivity contribution in [1.29, 1.82) is 0 Å². The summed E-state index contributed by atoms with van der Waals surface area (Å²) in [5.41, 5.74) is 0. The van der Waals surface area contributed by atoms with Gasteiger partial charge in [-0.05, 0) is 6.42 Å². The van der Waals surface area contributed by atoms with Crippen LogP contribution in [0.25, 0.3) is 0 Å². The van der Waals surface area contributed by atoms with E-state index in [-0.39, 0.29) is 12.4 Å². The second-order valence-corrected chi connectivity index (χ2v) is 4.07. The molecule has 1 atom stereocenters. The van der Waals surface area contributed by atoms with Gasteiger partial charge in [-0.2, -0.15) is 0 Å². The molecule has 2 saturated heterocycles. The first-order chi connectivity index (χ1) is 6.86. The first-order valence-electron chi connectivity index (χ1n) is 5.42. The number of carbonyl (C=O) groups excluding carboxylic acids is 1. The fourth-order valence-corrected chi connectivity index (χ4v) is 2.05. The predicted molar refractivity (Wildman–Crippen MR) is 60.2 cm³/mol. The Hall–Kier alpha value is -0.320. The van der Waals surface area contributed by atoms with E-state index in [1.807, 2.05) is 4.90 Å². The van der Waals surface area contributed by atoms with E-state index in [9.17, 15) is 4.79 Å². The summed E-state index contributed by atoms with van der Waals surface area (Å²) >= 11 is 0. The number of hydrogen-bond acceptors (Lipinski definition) is 3. The third-order valence-corrected chi connectivity index (χ3v) is 2.93. The summed E-state index contributed by atoms with van der Waals surface area (Å²) < 4.78 is 5.31. The average Bonchev–Trinajstić information content (AvgIpc) is 2.60. The lowest BCUT2D eigenvalue weighted by atomic mass is 10.1. The smallest absolute Gasteiger partial charge is 0.223 e. The molecule has 2 heterocycles. The average molecular weight is 235 g/mol. The van der Waals surface area contributed by atoms with Crippen LogP contribution in [-0.2, 0) is 9.53 Å². The van der Waals surface area contributed by atoms with Gasteiger partial charge in [-0.25, -0.2) is 0 Å². The fourth-order valence-electron chi connectivity index (χ4n) is 2.05. The molecule has 0 aromatic rings. The molecule has 0 spiro atoms. The number of rotatable bonds is 2. The summed E-state index contributed by atoms with van der Waals surface area (Å²) in [4.78, 5) is 13.6. The van der Waals surface area contributed by atoms with Gasteiger partial charge in [0, 0.05) is 45.1 Å². The highest BCUT2D eigenvalue weighted by molar-refractivity contribution is 5.85. The molecule has 5 heteroatoms. The molecule has 1 amide bonds. The van der Waals surface area contributed by atoms with Crippen LogP contribution in [0.4, 0.5) is 0 Å². The maximum Gasteiger partial charge on any atom is 0.223 e. The third kappa shape index (κ3) is 3.63. The Morgan fingerprint density at radius 2 is 2.33 bits per heavy atom. The molecule has 0 aliphatic carbocycles. The van der Waals surface area contributed by atoms with Crippen LogP contribution in [0, 0.1) is 5.92 Å². The van der Waals surface area contributed by atoms with Crippen LogP contribution in [0.1, 0.15) is 12.8 Å². The molecule has 15 heavy (non-hydrogen) atoms. The Bertz CT molecular complexity index is 208. The van der Waals surface area contributed by atoms with Crippen molar-refractivity contribution in [2.24, 2.45) is 5.92 Å². The van der Waals surface area contributed by atoms with E-state index in [0.717, 1.165) is 45.8 Å². The Morgan fingerprint density at radius 3 is 3.07 bits per heavy atom. The Kier molecular flexibility index (Phi) is 5.36. The lowest BCUT2D eigenvalue weighted by Gasteiger charge is -2.22.